The number of carbonyl (C=O) groups is 1. The van der Waals surface area contributed by atoms with Crippen LogP contribution < -0.4 is 4.72 Å². The summed E-state index contributed by atoms with van der Waals surface area (Å²) >= 11 is 1.79. The van der Waals surface area contributed by atoms with Crippen molar-refractivity contribution in [1.29, 1.82) is 0 Å². The van der Waals surface area contributed by atoms with E-state index in [1.165, 1.54) is 44.2 Å². The largest absolute Gasteiger partial charge is 0.480 e. The van der Waals surface area contributed by atoms with Gasteiger partial charge in [-0.2, -0.15) is 4.72 Å². The van der Waals surface area contributed by atoms with E-state index < -0.39 is 22.5 Å². The number of hydrogen-bond donors (Lipinski definition) is 2. The van der Waals surface area contributed by atoms with Crippen LogP contribution in [0.15, 0.2) is 34.1 Å². The summed E-state index contributed by atoms with van der Waals surface area (Å²) in [6.45, 7) is -0.610. The molecular weight excluding hydrogens is 310 g/mol. The smallest absolute Gasteiger partial charge is 0.318 e. The Labute approximate surface area is 129 Å². The molecule has 1 aromatic carbocycles. The maximum Gasteiger partial charge on any atom is 0.318 e. The number of hydrogen-bond acceptors (Lipinski definition) is 4. The van der Waals surface area contributed by atoms with E-state index in [1.54, 1.807) is 23.9 Å². The van der Waals surface area contributed by atoms with Crippen LogP contribution in [0.4, 0.5) is 0 Å². The fourth-order valence-electron chi connectivity index (χ4n) is 2.31. The Morgan fingerprint density at radius 3 is 2.38 bits per heavy atom. The number of carboxylic acids is 1. The third-order valence-electron chi connectivity index (χ3n) is 3.40. The highest BCUT2D eigenvalue weighted by Crippen LogP contribution is 2.33. The molecule has 1 aliphatic rings. The number of benzene rings is 1. The van der Waals surface area contributed by atoms with Gasteiger partial charge in [0.25, 0.3) is 0 Å². The molecule has 0 radical (unpaired) electrons. The lowest BCUT2D eigenvalue weighted by atomic mass is 10.0. The molecule has 2 N–H and O–H groups in total. The van der Waals surface area contributed by atoms with E-state index in [-0.39, 0.29) is 4.90 Å². The minimum atomic E-state index is -3.75. The van der Waals surface area contributed by atoms with Crippen molar-refractivity contribution in [3.8, 4) is 0 Å². The van der Waals surface area contributed by atoms with E-state index in [4.69, 9.17) is 5.11 Å². The molecule has 116 valence electrons. The Morgan fingerprint density at radius 2 is 1.81 bits per heavy atom. The molecule has 1 aliphatic carbocycles. The van der Waals surface area contributed by atoms with E-state index in [1.807, 2.05) is 4.72 Å². The lowest BCUT2D eigenvalue weighted by molar-refractivity contribution is -0.135. The highest BCUT2D eigenvalue weighted by Gasteiger charge is 2.17. The van der Waals surface area contributed by atoms with Gasteiger partial charge >= 0.3 is 5.97 Å². The second kappa shape index (κ2) is 7.29. The third-order valence-corrected chi connectivity index (χ3v) is 6.17. The monoisotopic (exact) mass is 329 g/mol. The minimum absolute atomic E-state index is 0.0942. The van der Waals surface area contributed by atoms with Gasteiger partial charge in [-0.15, -0.1) is 11.8 Å². The Hall–Kier alpha value is -1.05. The first kappa shape index (κ1) is 16.3. The summed E-state index contributed by atoms with van der Waals surface area (Å²) in [5.41, 5.74) is 0. The standard InChI is InChI=1S/C14H19NO4S2/c16-14(17)10-15-21(18,19)13-8-6-12(7-9-13)20-11-4-2-1-3-5-11/h6-9,11,15H,1-5,10H2,(H,16,17). The van der Waals surface area contributed by atoms with Crippen LogP contribution >= 0.6 is 11.8 Å². The van der Waals surface area contributed by atoms with Gasteiger partial charge in [-0.05, 0) is 37.1 Å². The first-order valence-electron chi connectivity index (χ1n) is 6.95. The van der Waals surface area contributed by atoms with E-state index in [2.05, 4.69) is 0 Å². The fourth-order valence-corrected chi connectivity index (χ4v) is 4.53. The molecule has 0 aromatic heterocycles. The molecule has 0 bridgehead atoms. The number of rotatable bonds is 6. The molecule has 1 aromatic rings. The molecule has 0 saturated heterocycles. The van der Waals surface area contributed by atoms with Crippen LogP contribution in [0.2, 0.25) is 0 Å². The van der Waals surface area contributed by atoms with Crippen molar-refractivity contribution in [3.63, 3.8) is 0 Å². The van der Waals surface area contributed by atoms with Crippen LogP contribution in [0.5, 0.6) is 0 Å². The first-order valence-corrected chi connectivity index (χ1v) is 9.32. The fraction of sp³-hybridized carbons (Fsp3) is 0.500. The van der Waals surface area contributed by atoms with Crippen LogP contribution in [-0.2, 0) is 14.8 Å². The van der Waals surface area contributed by atoms with Crippen molar-refractivity contribution < 1.29 is 18.3 Å². The summed E-state index contributed by atoms with van der Waals surface area (Å²) in [4.78, 5) is 11.6. The van der Waals surface area contributed by atoms with Gasteiger partial charge in [0.1, 0.15) is 6.54 Å². The van der Waals surface area contributed by atoms with Crippen molar-refractivity contribution in [2.45, 2.75) is 47.1 Å². The van der Waals surface area contributed by atoms with Crippen LogP contribution in [-0.4, -0.2) is 31.3 Å². The molecule has 1 fully saturated rings. The molecule has 2 rings (SSSR count). The summed E-state index contributed by atoms with van der Waals surface area (Å²) in [7, 11) is -3.75. The van der Waals surface area contributed by atoms with Gasteiger partial charge in [0, 0.05) is 10.1 Å². The lowest BCUT2D eigenvalue weighted by Gasteiger charge is -2.20. The van der Waals surface area contributed by atoms with E-state index in [0.717, 1.165) is 4.90 Å². The van der Waals surface area contributed by atoms with Crippen LogP contribution in [0.25, 0.3) is 0 Å². The summed E-state index contributed by atoms with van der Waals surface area (Å²) in [5.74, 6) is -1.21. The summed E-state index contributed by atoms with van der Waals surface area (Å²) in [5, 5.41) is 9.14. The van der Waals surface area contributed by atoms with Gasteiger partial charge < -0.3 is 5.11 Å². The molecule has 5 nitrogen and oxygen atoms in total. The van der Waals surface area contributed by atoms with Crippen LogP contribution in [0.1, 0.15) is 32.1 Å². The van der Waals surface area contributed by atoms with Crippen molar-refractivity contribution in [2.75, 3.05) is 6.54 Å². The summed E-state index contributed by atoms with van der Waals surface area (Å²) in [6.07, 6.45) is 6.27. The van der Waals surface area contributed by atoms with Crippen molar-refractivity contribution >= 4 is 27.8 Å². The van der Waals surface area contributed by atoms with E-state index >= 15 is 0 Å². The Bertz CT molecular complexity index is 577. The van der Waals surface area contributed by atoms with Gasteiger partial charge in [0.05, 0.1) is 4.90 Å². The molecule has 1 saturated carbocycles. The maximum atomic E-state index is 11.9. The molecule has 0 atom stereocenters. The average Bonchev–Trinajstić information content (AvgIpc) is 2.47. The predicted molar refractivity (Wildman–Crippen MR) is 82.0 cm³/mol. The van der Waals surface area contributed by atoms with Crippen LogP contribution in [0, 0.1) is 0 Å². The van der Waals surface area contributed by atoms with Crippen molar-refractivity contribution in [2.24, 2.45) is 0 Å². The summed E-state index contributed by atoms with van der Waals surface area (Å²) in [6, 6.07) is 6.62. The second-order valence-electron chi connectivity index (χ2n) is 5.07. The molecule has 0 aliphatic heterocycles. The van der Waals surface area contributed by atoms with Crippen LogP contribution in [0.3, 0.4) is 0 Å². The maximum absolute atomic E-state index is 11.9. The first-order chi connectivity index (χ1) is 9.97. The number of nitrogens with one attached hydrogen (secondary N) is 1. The Balaban J connectivity index is 1.99. The minimum Gasteiger partial charge on any atom is -0.480 e. The zero-order valence-electron chi connectivity index (χ0n) is 11.6. The molecule has 21 heavy (non-hydrogen) atoms. The summed E-state index contributed by atoms with van der Waals surface area (Å²) < 4.78 is 25.8. The molecular formula is C14H19NO4S2. The van der Waals surface area contributed by atoms with E-state index in [0.29, 0.717) is 5.25 Å². The van der Waals surface area contributed by atoms with Crippen molar-refractivity contribution in [3.05, 3.63) is 24.3 Å². The lowest BCUT2D eigenvalue weighted by Crippen LogP contribution is -2.29. The third kappa shape index (κ3) is 5.01. The van der Waals surface area contributed by atoms with Gasteiger partial charge in [0.15, 0.2) is 0 Å². The molecule has 0 amide bonds. The molecule has 0 unspecified atom stereocenters. The second-order valence-corrected chi connectivity index (χ2v) is 8.21. The van der Waals surface area contributed by atoms with Crippen molar-refractivity contribution in [1.82, 2.24) is 4.72 Å². The Morgan fingerprint density at radius 1 is 1.19 bits per heavy atom. The number of thioether (sulfide) groups is 1. The van der Waals surface area contributed by atoms with Gasteiger partial charge in [0.2, 0.25) is 10.0 Å². The topological polar surface area (TPSA) is 83.5 Å². The average molecular weight is 329 g/mol. The zero-order valence-corrected chi connectivity index (χ0v) is 13.3. The quantitative estimate of drug-likeness (QED) is 0.837. The normalized spacial score (nSPS) is 16.8. The Kier molecular flexibility index (Phi) is 5.66. The number of carboxylic acid groups (broad SMARTS) is 1. The van der Waals surface area contributed by atoms with Gasteiger partial charge in [-0.1, -0.05) is 19.3 Å². The highest BCUT2D eigenvalue weighted by molar-refractivity contribution is 8.00. The molecule has 7 heteroatoms. The zero-order chi connectivity index (χ0) is 15.3. The highest BCUT2D eigenvalue weighted by atomic mass is 32.2. The number of sulfonamides is 1. The van der Waals surface area contributed by atoms with Gasteiger partial charge in [-0.25, -0.2) is 8.42 Å². The molecule has 0 heterocycles. The SMILES string of the molecule is O=C(O)CNS(=O)(=O)c1ccc(SC2CCCCC2)cc1. The van der Waals surface area contributed by atoms with Gasteiger partial charge in [-0.3, -0.25) is 4.79 Å². The van der Waals surface area contributed by atoms with E-state index in [9.17, 15) is 13.2 Å². The number of aliphatic carboxylic acids is 1. The molecule has 0 spiro atoms. The predicted octanol–water partition coefficient (Wildman–Crippen LogP) is 2.47.